The molecule has 0 bridgehead atoms. The van der Waals surface area contributed by atoms with Gasteiger partial charge < -0.3 is 10.2 Å². The van der Waals surface area contributed by atoms with Crippen molar-refractivity contribution in [2.45, 2.75) is 50.6 Å². The van der Waals surface area contributed by atoms with Crippen molar-refractivity contribution in [3.8, 4) is 0 Å². The van der Waals surface area contributed by atoms with Gasteiger partial charge in [0.05, 0.1) is 5.69 Å². The van der Waals surface area contributed by atoms with Gasteiger partial charge in [0.15, 0.2) is 0 Å². The van der Waals surface area contributed by atoms with Gasteiger partial charge in [-0.1, -0.05) is 30.3 Å². The topological polar surface area (TPSA) is 67.2 Å². The summed E-state index contributed by atoms with van der Waals surface area (Å²) in [5.41, 5.74) is 2.29. The summed E-state index contributed by atoms with van der Waals surface area (Å²) in [6.45, 7) is 4.91. The SMILES string of the molecule is Cc1ccc(=O)n(CC(=O)NC2CCN(CC3(c4ccccc4)CC3)CC2)n1. The number of hydrogen-bond donors (Lipinski definition) is 1. The Morgan fingerprint density at radius 3 is 2.54 bits per heavy atom. The van der Waals surface area contributed by atoms with E-state index in [0.717, 1.165) is 38.2 Å². The fourth-order valence-electron chi connectivity index (χ4n) is 4.22. The highest BCUT2D eigenvalue weighted by Gasteiger charge is 2.45. The van der Waals surface area contributed by atoms with E-state index < -0.39 is 0 Å². The van der Waals surface area contributed by atoms with Crippen molar-refractivity contribution >= 4 is 5.91 Å². The average molecular weight is 380 g/mol. The van der Waals surface area contributed by atoms with E-state index >= 15 is 0 Å². The molecule has 0 unspecified atom stereocenters. The highest BCUT2D eigenvalue weighted by atomic mass is 16.2. The van der Waals surface area contributed by atoms with Crippen LogP contribution >= 0.6 is 0 Å². The highest BCUT2D eigenvalue weighted by Crippen LogP contribution is 2.48. The normalized spacial score (nSPS) is 19.3. The summed E-state index contributed by atoms with van der Waals surface area (Å²) in [7, 11) is 0. The zero-order valence-corrected chi connectivity index (χ0v) is 16.4. The molecule has 0 spiro atoms. The third-order valence-corrected chi connectivity index (χ3v) is 6.01. The minimum Gasteiger partial charge on any atom is -0.352 e. The molecule has 1 aromatic heterocycles. The molecule has 4 rings (SSSR count). The van der Waals surface area contributed by atoms with Gasteiger partial charge in [-0.3, -0.25) is 9.59 Å². The predicted molar refractivity (Wildman–Crippen MR) is 108 cm³/mol. The van der Waals surface area contributed by atoms with Crippen molar-refractivity contribution in [2.75, 3.05) is 19.6 Å². The van der Waals surface area contributed by atoms with Gasteiger partial charge in [0.1, 0.15) is 6.54 Å². The Balaban J connectivity index is 1.26. The zero-order chi connectivity index (χ0) is 19.6. The van der Waals surface area contributed by atoms with Gasteiger partial charge in [-0.15, -0.1) is 0 Å². The minimum atomic E-state index is -0.244. The molecule has 2 heterocycles. The fraction of sp³-hybridized carbons (Fsp3) is 0.500. The van der Waals surface area contributed by atoms with E-state index in [1.54, 1.807) is 6.07 Å². The van der Waals surface area contributed by atoms with Crippen LogP contribution in [-0.2, 0) is 16.8 Å². The van der Waals surface area contributed by atoms with Crippen LogP contribution in [0.1, 0.15) is 36.9 Å². The number of nitrogens with zero attached hydrogens (tertiary/aromatic N) is 3. The van der Waals surface area contributed by atoms with Crippen molar-refractivity contribution in [3.05, 3.63) is 64.1 Å². The number of rotatable bonds is 6. The van der Waals surface area contributed by atoms with Crippen molar-refractivity contribution in [1.29, 1.82) is 0 Å². The van der Waals surface area contributed by atoms with Gasteiger partial charge in [0.2, 0.25) is 5.91 Å². The van der Waals surface area contributed by atoms with Crippen LogP contribution in [0.4, 0.5) is 0 Å². The number of piperidine rings is 1. The first kappa shape index (κ1) is 18.9. The summed E-state index contributed by atoms with van der Waals surface area (Å²) < 4.78 is 1.23. The van der Waals surface area contributed by atoms with E-state index in [1.807, 2.05) is 6.92 Å². The smallest absolute Gasteiger partial charge is 0.267 e. The van der Waals surface area contributed by atoms with Crippen molar-refractivity contribution in [1.82, 2.24) is 20.0 Å². The Hall–Kier alpha value is -2.47. The second kappa shape index (κ2) is 7.87. The van der Waals surface area contributed by atoms with Crippen LogP contribution in [0.3, 0.4) is 0 Å². The molecule has 1 N–H and O–H groups in total. The van der Waals surface area contributed by atoms with Gasteiger partial charge in [-0.05, 0) is 44.2 Å². The number of nitrogens with one attached hydrogen (secondary N) is 1. The monoisotopic (exact) mass is 380 g/mol. The molecule has 148 valence electrons. The molecule has 1 saturated heterocycles. The van der Waals surface area contributed by atoms with Crippen LogP contribution in [0.5, 0.6) is 0 Å². The summed E-state index contributed by atoms with van der Waals surface area (Å²) in [5, 5.41) is 7.21. The van der Waals surface area contributed by atoms with E-state index in [9.17, 15) is 9.59 Å². The number of hydrogen-bond acceptors (Lipinski definition) is 4. The number of carbonyl (C=O) groups is 1. The van der Waals surface area contributed by atoms with Gasteiger partial charge in [-0.25, -0.2) is 4.68 Å². The van der Waals surface area contributed by atoms with Crippen LogP contribution in [0.25, 0.3) is 0 Å². The lowest BCUT2D eigenvalue weighted by atomic mass is 9.94. The molecule has 1 aliphatic heterocycles. The number of aryl methyl sites for hydroxylation is 1. The molecule has 6 nitrogen and oxygen atoms in total. The lowest BCUT2D eigenvalue weighted by Crippen LogP contribution is -2.47. The molecule has 2 fully saturated rings. The molecule has 0 atom stereocenters. The summed E-state index contributed by atoms with van der Waals surface area (Å²) >= 11 is 0. The van der Waals surface area contributed by atoms with E-state index in [1.165, 1.54) is 29.2 Å². The molecule has 6 heteroatoms. The predicted octanol–water partition coefficient (Wildman–Crippen LogP) is 1.86. The number of carbonyl (C=O) groups excluding carboxylic acids is 1. The molecule has 28 heavy (non-hydrogen) atoms. The molecule has 2 aliphatic rings. The van der Waals surface area contributed by atoms with E-state index in [0.29, 0.717) is 5.41 Å². The van der Waals surface area contributed by atoms with E-state index in [2.05, 4.69) is 45.6 Å². The Morgan fingerprint density at radius 1 is 1.14 bits per heavy atom. The van der Waals surface area contributed by atoms with Crippen LogP contribution in [0, 0.1) is 6.92 Å². The second-order valence-electron chi connectivity index (χ2n) is 8.23. The van der Waals surface area contributed by atoms with Crippen LogP contribution in [-0.4, -0.2) is 46.3 Å². The standard InChI is InChI=1S/C22H28N4O2/c1-17-7-8-21(28)26(24-17)15-20(27)23-19-9-13-25(14-10-19)16-22(11-12-22)18-5-3-2-4-6-18/h2-8,19H,9-16H2,1H3,(H,23,27). The molecule has 1 saturated carbocycles. The molecule has 2 aromatic rings. The molecule has 0 radical (unpaired) electrons. The quantitative estimate of drug-likeness (QED) is 0.831. The second-order valence-corrected chi connectivity index (χ2v) is 8.23. The minimum absolute atomic E-state index is 0.0160. The van der Waals surface area contributed by atoms with Crippen molar-refractivity contribution < 1.29 is 4.79 Å². The summed E-state index contributed by atoms with van der Waals surface area (Å²) in [6.07, 6.45) is 4.44. The third kappa shape index (κ3) is 4.33. The van der Waals surface area contributed by atoms with Crippen molar-refractivity contribution in [3.63, 3.8) is 0 Å². The summed E-state index contributed by atoms with van der Waals surface area (Å²) in [5.74, 6) is -0.137. The Bertz CT molecular complexity index is 881. The maximum absolute atomic E-state index is 12.3. The summed E-state index contributed by atoms with van der Waals surface area (Å²) in [6, 6.07) is 14.1. The first-order valence-corrected chi connectivity index (χ1v) is 10.2. The third-order valence-electron chi connectivity index (χ3n) is 6.01. The number of likely N-dealkylation sites (tertiary alicyclic amines) is 1. The Morgan fingerprint density at radius 2 is 1.86 bits per heavy atom. The van der Waals surface area contributed by atoms with Gasteiger partial charge in [0.25, 0.3) is 5.56 Å². The maximum Gasteiger partial charge on any atom is 0.267 e. The highest BCUT2D eigenvalue weighted by molar-refractivity contribution is 5.75. The zero-order valence-electron chi connectivity index (χ0n) is 16.4. The maximum atomic E-state index is 12.3. The molecular weight excluding hydrogens is 352 g/mol. The number of aromatic nitrogens is 2. The van der Waals surface area contributed by atoms with Gasteiger partial charge in [0, 0.05) is 37.2 Å². The lowest BCUT2D eigenvalue weighted by Gasteiger charge is -2.35. The largest absolute Gasteiger partial charge is 0.352 e. The molecule has 1 aromatic carbocycles. The average Bonchev–Trinajstić information content (AvgIpc) is 3.48. The lowest BCUT2D eigenvalue weighted by molar-refractivity contribution is -0.123. The molecule has 1 aliphatic carbocycles. The van der Waals surface area contributed by atoms with Crippen molar-refractivity contribution in [2.24, 2.45) is 0 Å². The van der Waals surface area contributed by atoms with Crippen LogP contribution in [0.15, 0.2) is 47.3 Å². The van der Waals surface area contributed by atoms with E-state index in [4.69, 9.17) is 0 Å². The molecular formula is C22H28N4O2. The van der Waals surface area contributed by atoms with Crippen LogP contribution in [0.2, 0.25) is 0 Å². The van der Waals surface area contributed by atoms with Gasteiger partial charge in [-0.2, -0.15) is 5.10 Å². The summed E-state index contributed by atoms with van der Waals surface area (Å²) in [4.78, 5) is 26.7. The Kier molecular flexibility index (Phi) is 5.31. The van der Waals surface area contributed by atoms with E-state index in [-0.39, 0.29) is 24.1 Å². The fourth-order valence-corrected chi connectivity index (χ4v) is 4.22. The first-order valence-electron chi connectivity index (χ1n) is 10.2. The number of benzene rings is 1. The van der Waals surface area contributed by atoms with Crippen LogP contribution < -0.4 is 10.9 Å². The molecule has 1 amide bonds. The Labute approximate surface area is 165 Å². The number of amides is 1. The van der Waals surface area contributed by atoms with Gasteiger partial charge >= 0.3 is 0 Å². The first-order chi connectivity index (χ1) is 13.5.